The first-order chi connectivity index (χ1) is 13.4. The van der Waals surface area contributed by atoms with Crippen LogP contribution >= 0.6 is 11.3 Å². The average molecular weight is 404 g/mol. The first kappa shape index (κ1) is 20.4. The number of amides is 1. The molecule has 0 bridgehead atoms. The maximum Gasteiger partial charge on any atom is 0.328 e. The highest BCUT2D eigenvalue weighted by molar-refractivity contribution is 7.14. The fourth-order valence-corrected chi connectivity index (χ4v) is 4.36. The minimum atomic E-state index is -0.952. The van der Waals surface area contributed by atoms with E-state index in [-0.39, 0.29) is 12.5 Å². The van der Waals surface area contributed by atoms with E-state index in [0.717, 1.165) is 10.6 Å². The van der Waals surface area contributed by atoms with E-state index in [4.69, 9.17) is 14.2 Å². The Morgan fingerprint density at radius 3 is 2.46 bits per heavy atom. The van der Waals surface area contributed by atoms with E-state index in [1.807, 2.05) is 37.3 Å². The maximum atomic E-state index is 13.5. The number of nitrogens with zero attached hydrogens (tertiary/aromatic N) is 2. The van der Waals surface area contributed by atoms with Crippen molar-refractivity contribution in [3.05, 3.63) is 40.2 Å². The predicted octanol–water partition coefficient (Wildman–Crippen LogP) is 2.89. The number of likely N-dealkylation sites (tertiary alicyclic amines) is 1. The quantitative estimate of drug-likeness (QED) is 0.563. The second-order valence-electron chi connectivity index (χ2n) is 6.61. The number of thiazole rings is 1. The van der Waals surface area contributed by atoms with Gasteiger partial charge in [0.1, 0.15) is 10.9 Å². The molecule has 2 aromatic rings. The van der Waals surface area contributed by atoms with Crippen LogP contribution in [-0.2, 0) is 19.0 Å². The smallest absolute Gasteiger partial charge is 0.328 e. The zero-order chi connectivity index (χ0) is 20.3. The molecule has 1 fully saturated rings. The zero-order valence-corrected chi connectivity index (χ0v) is 17.2. The normalized spacial score (nSPS) is 18.7. The molecule has 1 aliphatic rings. The number of piperidine rings is 1. The van der Waals surface area contributed by atoms with E-state index < -0.39 is 17.8 Å². The summed E-state index contributed by atoms with van der Waals surface area (Å²) < 4.78 is 16.0. The van der Waals surface area contributed by atoms with E-state index in [2.05, 4.69) is 4.98 Å². The summed E-state index contributed by atoms with van der Waals surface area (Å²) in [6, 6.07) is 8.84. The van der Waals surface area contributed by atoms with Crippen LogP contribution in [0, 0.1) is 6.92 Å². The molecule has 1 saturated heterocycles. The summed E-state index contributed by atoms with van der Waals surface area (Å²) in [5.41, 5.74) is 1.47. The SMILES string of the molecule is COC(=O)C1CCC(OC)(OC)CN1C(=O)c1sc(C)nc1-c1ccccc1. The molecule has 0 spiro atoms. The van der Waals surface area contributed by atoms with Crippen molar-refractivity contribution < 1.29 is 23.8 Å². The molecule has 150 valence electrons. The predicted molar refractivity (Wildman–Crippen MR) is 105 cm³/mol. The third kappa shape index (κ3) is 3.80. The Morgan fingerprint density at radius 2 is 1.86 bits per heavy atom. The highest BCUT2D eigenvalue weighted by atomic mass is 32.1. The summed E-state index contributed by atoms with van der Waals surface area (Å²) in [4.78, 5) is 32.4. The maximum absolute atomic E-state index is 13.5. The molecule has 1 aromatic heterocycles. The highest BCUT2D eigenvalue weighted by Crippen LogP contribution is 2.34. The molecule has 7 nitrogen and oxygen atoms in total. The van der Waals surface area contributed by atoms with Gasteiger partial charge in [-0.1, -0.05) is 30.3 Å². The molecule has 1 atom stereocenters. The third-order valence-corrected chi connectivity index (χ3v) is 6.00. The molecular formula is C20H24N2O5S. The van der Waals surface area contributed by atoms with Gasteiger partial charge in [0.25, 0.3) is 5.91 Å². The number of hydrogen-bond acceptors (Lipinski definition) is 7. The number of aromatic nitrogens is 1. The second kappa shape index (κ2) is 8.38. The van der Waals surface area contributed by atoms with Crippen LogP contribution in [0.25, 0.3) is 11.3 Å². The summed E-state index contributed by atoms with van der Waals surface area (Å²) in [5, 5.41) is 0.776. The van der Waals surface area contributed by atoms with E-state index in [0.29, 0.717) is 23.4 Å². The topological polar surface area (TPSA) is 78.0 Å². The van der Waals surface area contributed by atoms with Gasteiger partial charge in [0, 0.05) is 26.2 Å². The summed E-state index contributed by atoms with van der Waals surface area (Å²) in [5.74, 6) is -1.68. The van der Waals surface area contributed by atoms with Gasteiger partial charge in [0.15, 0.2) is 5.79 Å². The molecule has 1 unspecified atom stereocenters. The van der Waals surface area contributed by atoms with Crippen molar-refractivity contribution in [2.75, 3.05) is 27.9 Å². The zero-order valence-electron chi connectivity index (χ0n) is 16.4. The highest BCUT2D eigenvalue weighted by Gasteiger charge is 2.46. The van der Waals surface area contributed by atoms with Gasteiger partial charge < -0.3 is 19.1 Å². The molecule has 3 rings (SSSR count). The first-order valence-corrected chi connectivity index (χ1v) is 9.78. The fraction of sp³-hybridized carbons (Fsp3) is 0.450. The summed E-state index contributed by atoms with van der Waals surface area (Å²) in [6.07, 6.45) is 0.870. The lowest BCUT2D eigenvalue weighted by Crippen LogP contribution is -2.58. The van der Waals surface area contributed by atoms with Gasteiger partial charge in [-0.15, -0.1) is 11.3 Å². The van der Waals surface area contributed by atoms with Crippen molar-refractivity contribution in [1.29, 1.82) is 0 Å². The Hall–Kier alpha value is -2.29. The van der Waals surface area contributed by atoms with Crippen molar-refractivity contribution in [2.24, 2.45) is 0 Å². The van der Waals surface area contributed by atoms with Crippen molar-refractivity contribution in [1.82, 2.24) is 9.88 Å². The molecule has 0 N–H and O–H groups in total. The molecule has 1 aromatic carbocycles. The van der Waals surface area contributed by atoms with Gasteiger partial charge >= 0.3 is 5.97 Å². The van der Waals surface area contributed by atoms with Crippen LogP contribution in [0.15, 0.2) is 30.3 Å². The van der Waals surface area contributed by atoms with Crippen molar-refractivity contribution in [3.8, 4) is 11.3 Å². The second-order valence-corrected chi connectivity index (χ2v) is 7.81. The molecule has 1 aliphatic heterocycles. The number of esters is 1. The van der Waals surface area contributed by atoms with Crippen LogP contribution in [0.1, 0.15) is 27.5 Å². The number of rotatable bonds is 5. The molecular weight excluding hydrogens is 380 g/mol. The molecule has 0 radical (unpaired) electrons. The first-order valence-electron chi connectivity index (χ1n) is 8.96. The largest absolute Gasteiger partial charge is 0.467 e. The van der Waals surface area contributed by atoms with Crippen LogP contribution in [0.4, 0.5) is 0 Å². The van der Waals surface area contributed by atoms with Gasteiger partial charge in [0.2, 0.25) is 0 Å². The number of aryl methyl sites for hydroxylation is 1. The van der Waals surface area contributed by atoms with Gasteiger partial charge in [-0.2, -0.15) is 0 Å². The average Bonchev–Trinajstić information content (AvgIpc) is 3.14. The van der Waals surface area contributed by atoms with Crippen molar-refractivity contribution in [3.63, 3.8) is 0 Å². The Balaban J connectivity index is 2.02. The Labute approximate surface area is 168 Å². The number of benzene rings is 1. The minimum Gasteiger partial charge on any atom is -0.467 e. The summed E-state index contributed by atoms with van der Waals surface area (Å²) >= 11 is 1.31. The van der Waals surface area contributed by atoms with Gasteiger partial charge in [-0.3, -0.25) is 4.79 Å². The minimum absolute atomic E-state index is 0.129. The van der Waals surface area contributed by atoms with Crippen LogP contribution in [0.5, 0.6) is 0 Å². The van der Waals surface area contributed by atoms with E-state index in [1.54, 1.807) is 0 Å². The van der Waals surface area contributed by atoms with Crippen LogP contribution < -0.4 is 0 Å². The monoisotopic (exact) mass is 404 g/mol. The van der Waals surface area contributed by atoms with Crippen molar-refractivity contribution in [2.45, 2.75) is 31.6 Å². The number of methoxy groups -OCH3 is 3. The molecule has 1 amide bonds. The van der Waals surface area contributed by atoms with Crippen LogP contribution in [0.2, 0.25) is 0 Å². The van der Waals surface area contributed by atoms with E-state index in [9.17, 15) is 9.59 Å². The van der Waals surface area contributed by atoms with E-state index in [1.165, 1.54) is 37.6 Å². The lowest BCUT2D eigenvalue weighted by Gasteiger charge is -2.43. The molecule has 28 heavy (non-hydrogen) atoms. The van der Waals surface area contributed by atoms with Crippen LogP contribution in [-0.4, -0.2) is 61.5 Å². The van der Waals surface area contributed by atoms with Gasteiger partial charge in [-0.25, -0.2) is 9.78 Å². The Morgan fingerprint density at radius 1 is 1.18 bits per heavy atom. The Kier molecular flexibility index (Phi) is 6.12. The number of carbonyl (C=O) groups excluding carboxylic acids is 2. The number of hydrogen-bond donors (Lipinski definition) is 0. The van der Waals surface area contributed by atoms with E-state index >= 15 is 0 Å². The van der Waals surface area contributed by atoms with Crippen LogP contribution in [0.3, 0.4) is 0 Å². The fourth-order valence-electron chi connectivity index (χ4n) is 3.47. The number of carbonyl (C=O) groups is 2. The molecule has 2 heterocycles. The lowest BCUT2D eigenvalue weighted by molar-refractivity contribution is -0.233. The third-order valence-electron chi connectivity index (χ3n) is 5.04. The molecule has 8 heteroatoms. The number of ether oxygens (including phenoxy) is 3. The van der Waals surface area contributed by atoms with Crippen molar-refractivity contribution >= 4 is 23.2 Å². The van der Waals surface area contributed by atoms with Gasteiger partial charge in [-0.05, 0) is 13.3 Å². The summed E-state index contributed by atoms with van der Waals surface area (Å²) in [7, 11) is 4.40. The van der Waals surface area contributed by atoms with Gasteiger partial charge in [0.05, 0.1) is 24.4 Å². The molecule has 0 aliphatic carbocycles. The Bertz CT molecular complexity index is 848. The molecule has 0 saturated carbocycles. The summed E-state index contributed by atoms with van der Waals surface area (Å²) in [6.45, 7) is 1.99. The lowest BCUT2D eigenvalue weighted by atomic mass is 9.96. The standard InChI is InChI=1S/C20H24N2O5S/c1-13-21-16(14-8-6-5-7-9-14)17(28-13)18(23)22-12-20(26-3,27-4)11-10-15(22)19(24)25-2/h5-9,15H,10-12H2,1-4H3.